The van der Waals surface area contributed by atoms with Gasteiger partial charge in [-0.25, -0.2) is 9.37 Å². The lowest BCUT2D eigenvalue weighted by Crippen LogP contribution is -2.40. The number of anilines is 3. The molecule has 0 bridgehead atoms. The van der Waals surface area contributed by atoms with E-state index in [9.17, 15) is 40.3 Å². The molecule has 0 saturated carbocycles. The molecule has 8 nitrogen and oxygen atoms in total. The highest BCUT2D eigenvalue weighted by Crippen LogP contribution is 2.39. The average molecular weight is 726 g/mol. The van der Waals surface area contributed by atoms with E-state index in [-0.39, 0.29) is 82.9 Å². The Kier molecular flexibility index (Phi) is 11.4. The van der Waals surface area contributed by atoms with Gasteiger partial charge in [-0.1, -0.05) is 36.2 Å². The number of aromatic nitrogens is 2. The third-order valence-electron chi connectivity index (χ3n) is 8.14. The topological polar surface area (TPSA) is 91.3 Å². The highest BCUT2D eigenvalue weighted by Gasteiger charge is 2.41. The zero-order valence-corrected chi connectivity index (χ0v) is 27.6. The normalized spacial score (nSPS) is 15.0. The van der Waals surface area contributed by atoms with Crippen LogP contribution in [0.1, 0.15) is 55.5 Å². The largest absolute Gasteiger partial charge is 0.391 e. The number of halogens is 9. The molecule has 2 amide bonds. The van der Waals surface area contributed by atoms with Crippen molar-refractivity contribution in [1.29, 1.82) is 0 Å². The molecule has 1 aromatic heterocycles. The monoisotopic (exact) mass is 724 g/mol. The number of nitrogens with zero attached hydrogens (tertiary/aromatic N) is 3. The lowest BCUT2D eigenvalue weighted by atomic mass is 9.95. The standard InChI is InChI=1S/C31H33Cl2F7N6O2/c1-4-21(34)16(2)27(47)42-15-17-5-6-20(32)26(25(17)33)44-29-43-22-13-19(28(48)41-10-9-30(35,36)37)23(14-24(22)45(29)3)46-11-7-18(8-12-46)31(38,39)40/h5-6,13-14,18H,4,7-12,15H2,1-3H3,(H,41,48)(H,42,47)(H,43,44). The van der Waals surface area contributed by atoms with Crippen LogP contribution in [-0.4, -0.2) is 53.4 Å². The van der Waals surface area contributed by atoms with Gasteiger partial charge in [-0.3, -0.25) is 9.59 Å². The maximum absolute atomic E-state index is 13.9. The van der Waals surface area contributed by atoms with E-state index < -0.39 is 48.9 Å². The zero-order valence-electron chi connectivity index (χ0n) is 26.1. The van der Waals surface area contributed by atoms with Crippen LogP contribution in [0.2, 0.25) is 10.0 Å². The molecule has 4 rings (SSSR count). The number of amides is 2. The van der Waals surface area contributed by atoms with Gasteiger partial charge in [0.15, 0.2) is 0 Å². The van der Waals surface area contributed by atoms with Gasteiger partial charge >= 0.3 is 12.4 Å². The fraction of sp³-hybridized carbons (Fsp3) is 0.452. The molecule has 0 atom stereocenters. The number of aryl methyl sites for hydroxylation is 1. The van der Waals surface area contributed by atoms with Gasteiger partial charge in [0, 0.05) is 38.8 Å². The number of hydrogen-bond donors (Lipinski definition) is 3. The molecule has 1 aliphatic rings. The Bertz CT molecular complexity index is 1710. The van der Waals surface area contributed by atoms with E-state index in [0.29, 0.717) is 11.1 Å². The zero-order chi connectivity index (χ0) is 35.6. The Morgan fingerprint density at radius 3 is 2.31 bits per heavy atom. The molecule has 48 heavy (non-hydrogen) atoms. The number of piperidine rings is 1. The van der Waals surface area contributed by atoms with E-state index in [2.05, 4.69) is 20.9 Å². The van der Waals surface area contributed by atoms with Crippen LogP contribution >= 0.6 is 23.2 Å². The molecule has 1 saturated heterocycles. The molecule has 0 aliphatic carbocycles. The summed E-state index contributed by atoms with van der Waals surface area (Å²) in [6.45, 7) is 2.14. The van der Waals surface area contributed by atoms with Gasteiger partial charge in [-0.15, -0.1) is 0 Å². The Labute approximate surface area is 281 Å². The predicted molar refractivity (Wildman–Crippen MR) is 170 cm³/mol. The van der Waals surface area contributed by atoms with Gasteiger partial charge < -0.3 is 25.4 Å². The predicted octanol–water partition coefficient (Wildman–Crippen LogP) is 8.35. The van der Waals surface area contributed by atoms with Crippen molar-refractivity contribution in [2.24, 2.45) is 13.0 Å². The summed E-state index contributed by atoms with van der Waals surface area (Å²) in [5.41, 5.74) is 1.52. The maximum Gasteiger partial charge on any atom is 0.391 e. The minimum absolute atomic E-state index is 0.0313. The number of carbonyl (C=O) groups is 2. The SMILES string of the molecule is CCC(F)=C(C)C(=O)NCc1ccc(Cl)c(Nc2nc3cc(C(=O)NCCC(F)(F)F)c(N4CCC(C(F)(F)F)CC4)cc3n2C)c1Cl. The highest BCUT2D eigenvalue weighted by atomic mass is 35.5. The van der Waals surface area contributed by atoms with Crippen molar-refractivity contribution in [3.63, 3.8) is 0 Å². The van der Waals surface area contributed by atoms with Crippen LogP contribution in [0, 0.1) is 5.92 Å². The molecule has 3 aromatic rings. The first-order chi connectivity index (χ1) is 22.4. The Morgan fingerprint density at radius 1 is 1.04 bits per heavy atom. The summed E-state index contributed by atoms with van der Waals surface area (Å²) < 4.78 is 93.8. The molecule has 1 aliphatic heterocycles. The number of fused-ring (bicyclic) bond motifs is 1. The molecule has 0 radical (unpaired) electrons. The fourth-order valence-corrected chi connectivity index (χ4v) is 5.83. The number of allylic oxidation sites excluding steroid dienone is 1. The van der Waals surface area contributed by atoms with Gasteiger partial charge in [-0.2, -0.15) is 26.3 Å². The molecule has 2 heterocycles. The van der Waals surface area contributed by atoms with Crippen molar-refractivity contribution in [2.75, 3.05) is 29.9 Å². The molecular formula is C31H33Cl2F7N6O2. The molecule has 0 spiro atoms. The van der Waals surface area contributed by atoms with Crippen molar-refractivity contribution >= 4 is 63.4 Å². The smallest absolute Gasteiger partial charge is 0.371 e. The number of rotatable bonds is 10. The molecule has 3 N–H and O–H groups in total. The van der Waals surface area contributed by atoms with Crippen molar-refractivity contribution < 1.29 is 40.3 Å². The van der Waals surface area contributed by atoms with E-state index in [0.717, 1.165) is 0 Å². The minimum atomic E-state index is -4.50. The summed E-state index contributed by atoms with van der Waals surface area (Å²) in [6, 6.07) is 6.04. The van der Waals surface area contributed by atoms with Gasteiger partial charge in [0.1, 0.15) is 5.83 Å². The summed E-state index contributed by atoms with van der Waals surface area (Å²) >= 11 is 13.1. The van der Waals surface area contributed by atoms with E-state index in [4.69, 9.17) is 23.2 Å². The molecule has 262 valence electrons. The van der Waals surface area contributed by atoms with Crippen molar-refractivity contribution in [3.05, 3.63) is 56.8 Å². The molecule has 0 unspecified atom stereocenters. The van der Waals surface area contributed by atoms with Crippen molar-refractivity contribution in [1.82, 2.24) is 20.2 Å². The Hall–Kier alpha value is -3.72. The number of imidazole rings is 1. The van der Waals surface area contributed by atoms with Gasteiger partial charge in [-0.05, 0) is 49.9 Å². The second kappa shape index (κ2) is 14.8. The Balaban J connectivity index is 1.67. The van der Waals surface area contributed by atoms with Crippen LogP contribution < -0.4 is 20.9 Å². The van der Waals surface area contributed by atoms with Crippen molar-refractivity contribution in [2.45, 2.75) is 58.4 Å². The number of hydrogen-bond acceptors (Lipinski definition) is 5. The molecule has 17 heteroatoms. The average Bonchev–Trinajstić information content (AvgIpc) is 3.33. The van der Waals surface area contributed by atoms with Gasteiger partial charge in [0.05, 0.1) is 50.4 Å². The van der Waals surface area contributed by atoms with Gasteiger partial charge in [0.25, 0.3) is 5.91 Å². The lowest BCUT2D eigenvalue weighted by Gasteiger charge is -2.35. The molecular weight excluding hydrogens is 692 g/mol. The first-order valence-electron chi connectivity index (χ1n) is 15.0. The number of nitrogens with one attached hydrogen (secondary N) is 3. The second-order valence-corrected chi connectivity index (χ2v) is 12.1. The first-order valence-corrected chi connectivity index (χ1v) is 15.7. The fourth-order valence-electron chi connectivity index (χ4n) is 5.30. The third-order valence-corrected chi connectivity index (χ3v) is 8.89. The number of alkyl halides is 6. The molecule has 1 fully saturated rings. The first kappa shape index (κ1) is 37.1. The second-order valence-electron chi connectivity index (χ2n) is 11.4. The van der Waals surface area contributed by atoms with E-state index >= 15 is 0 Å². The summed E-state index contributed by atoms with van der Waals surface area (Å²) in [5, 5.41) is 8.21. The number of carbonyl (C=O) groups excluding carboxylic acids is 2. The Morgan fingerprint density at radius 2 is 1.71 bits per heavy atom. The summed E-state index contributed by atoms with van der Waals surface area (Å²) in [4.78, 5) is 31.6. The number of benzene rings is 2. The quantitative estimate of drug-likeness (QED) is 0.144. The van der Waals surface area contributed by atoms with Crippen LogP contribution in [0.15, 0.2) is 35.7 Å². The minimum Gasteiger partial charge on any atom is -0.371 e. The highest BCUT2D eigenvalue weighted by molar-refractivity contribution is 6.39. The van der Waals surface area contributed by atoms with Crippen LogP contribution in [-0.2, 0) is 18.4 Å². The van der Waals surface area contributed by atoms with E-state index in [1.807, 2.05) is 0 Å². The van der Waals surface area contributed by atoms with Crippen molar-refractivity contribution in [3.8, 4) is 0 Å². The molecule has 2 aromatic carbocycles. The van der Waals surface area contributed by atoms with E-state index in [1.54, 1.807) is 35.6 Å². The van der Waals surface area contributed by atoms with Crippen LogP contribution in [0.5, 0.6) is 0 Å². The van der Waals surface area contributed by atoms with Gasteiger partial charge in [0.2, 0.25) is 11.9 Å². The van der Waals surface area contributed by atoms with Crippen LogP contribution in [0.4, 0.5) is 48.1 Å². The lowest BCUT2D eigenvalue weighted by molar-refractivity contribution is -0.179. The maximum atomic E-state index is 13.9. The summed E-state index contributed by atoms with van der Waals surface area (Å²) in [6.07, 6.45) is -10.5. The van der Waals surface area contributed by atoms with E-state index in [1.165, 1.54) is 19.1 Å². The third kappa shape index (κ3) is 8.65. The summed E-state index contributed by atoms with van der Waals surface area (Å²) in [7, 11) is 1.63. The van der Waals surface area contributed by atoms with Crippen LogP contribution in [0.3, 0.4) is 0 Å². The van der Waals surface area contributed by atoms with Crippen LogP contribution in [0.25, 0.3) is 11.0 Å². The summed E-state index contributed by atoms with van der Waals surface area (Å²) in [5.74, 6) is -3.31.